The van der Waals surface area contributed by atoms with Gasteiger partial charge in [0.15, 0.2) is 11.6 Å². The quantitative estimate of drug-likeness (QED) is 0.693. The minimum absolute atomic E-state index is 0.114. The summed E-state index contributed by atoms with van der Waals surface area (Å²) in [5.74, 6) is 1.62. The Balaban J connectivity index is 1.35. The van der Waals surface area contributed by atoms with Crippen LogP contribution in [0.4, 0.5) is 5.82 Å². The maximum Gasteiger partial charge on any atom is 0.153 e. The fourth-order valence-corrected chi connectivity index (χ4v) is 4.53. The maximum absolute atomic E-state index is 10.5. The molecule has 150 valence electrons. The van der Waals surface area contributed by atoms with Crippen LogP contribution in [-0.4, -0.2) is 60.7 Å². The van der Waals surface area contributed by atoms with E-state index in [1.165, 1.54) is 12.8 Å². The van der Waals surface area contributed by atoms with Gasteiger partial charge >= 0.3 is 0 Å². The average molecular weight is 392 g/mol. The monoisotopic (exact) mass is 392 g/mol. The SMILES string of the molecule is Cc1nnnn1-c1ccc(-c2ccc(N(C)[C@@H]3C[C@H]4CC[C@@H](C3)N4)nn2)c(O)c1. The number of tetrazole rings is 1. The first kappa shape index (κ1) is 18.0. The van der Waals surface area contributed by atoms with Gasteiger partial charge < -0.3 is 15.3 Å². The summed E-state index contributed by atoms with van der Waals surface area (Å²) in [6.07, 6.45) is 4.85. The summed E-state index contributed by atoms with van der Waals surface area (Å²) in [5.41, 5.74) is 1.95. The highest BCUT2D eigenvalue weighted by Gasteiger charge is 2.35. The third kappa shape index (κ3) is 3.31. The molecule has 5 rings (SSSR count). The first-order chi connectivity index (χ1) is 14.1. The van der Waals surface area contributed by atoms with E-state index in [1.807, 2.05) is 24.3 Å². The predicted molar refractivity (Wildman–Crippen MR) is 108 cm³/mol. The molecule has 29 heavy (non-hydrogen) atoms. The van der Waals surface area contributed by atoms with Crippen molar-refractivity contribution in [3.05, 3.63) is 36.2 Å². The first-order valence-electron chi connectivity index (χ1n) is 10.00. The zero-order chi connectivity index (χ0) is 20.0. The Hall–Kier alpha value is -3.07. The highest BCUT2D eigenvalue weighted by Crippen LogP contribution is 2.32. The van der Waals surface area contributed by atoms with E-state index in [9.17, 15) is 5.11 Å². The van der Waals surface area contributed by atoms with Crippen molar-refractivity contribution in [3.63, 3.8) is 0 Å². The number of nitrogens with one attached hydrogen (secondary N) is 1. The smallest absolute Gasteiger partial charge is 0.153 e. The number of rotatable bonds is 4. The topological polar surface area (TPSA) is 105 Å². The molecule has 2 N–H and O–H groups in total. The van der Waals surface area contributed by atoms with Gasteiger partial charge in [-0.2, -0.15) is 4.68 Å². The number of anilines is 1. The molecular weight excluding hydrogens is 368 g/mol. The Labute approximate surface area is 168 Å². The van der Waals surface area contributed by atoms with E-state index in [-0.39, 0.29) is 5.75 Å². The zero-order valence-electron chi connectivity index (χ0n) is 16.5. The van der Waals surface area contributed by atoms with Gasteiger partial charge in [-0.25, -0.2) is 0 Å². The van der Waals surface area contributed by atoms with Gasteiger partial charge in [0.1, 0.15) is 5.75 Å². The molecule has 9 heteroatoms. The molecule has 3 aromatic rings. The van der Waals surface area contributed by atoms with E-state index in [4.69, 9.17) is 0 Å². The number of nitrogens with zero attached hydrogens (tertiary/aromatic N) is 7. The Morgan fingerprint density at radius 3 is 2.48 bits per heavy atom. The molecule has 0 saturated carbocycles. The van der Waals surface area contributed by atoms with E-state index in [2.05, 4.69) is 43.0 Å². The first-order valence-corrected chi connectivity index (χ1v) is 10.00. The fraction of sp³-hybridized carbons (Fsp3) is 0.450. The van der Waals surface area contributed by atoms with Gasteiger partial charge in [-0.15, -0.1) is 15.3 Å². The van der Waals surface area contributed by atoms with Gasteiger partial charge in [-0.1, -0.05) is 0 Å². The summed E-state index contributed by atoms with van der Waals surface area (Å²) in [4.78, 5) is 2.24. The van der Waals surface area contributed by atoms with Crippen LogP contribution in [0.15, 0.2) is 30.3 Å². The van der Waals surface area contributed by atoms with Crippen LogP contribution in [0, 0.1) is 6.92 Å². The average Bonchev–Trinajstić information content (AvgIpc) is 3.32. The van der Waals surface area contributed by atoms with Crippen LogP contribution in [0.5, 0.6) is 5.75 Å². The Morgan fingerprint density at radius 2 is 1.86 bits per heavy atom. The lowest BCUT2D eigenvalue weighted by Crippen LogP contribution is -2.47. The van der Waals surface area contributed by atoms with Crippen molar-refractivity contribution in [1.82, 2.24) is 35.7 Å². The lowest BCUT2D eigenvalue weighted by molar-refractivity contribution is 0.353. The molecule has 2 saturated heterocycles. The Morgan fingerprint density at radius 1 is 1.07 bits per heavy atom. The molecule has 0 radical (unpaired) electrons. The van der Waals surface area contributed by atoms with Crippen LogP contribution < -0.4 is 10.2 Å². The van der Waals surface area contributed by atoms with Gasteiger partial charge in [0.2, 0.25) is 0 Å². The van der Waals surface area contributed by atoms with E-state index in [0.29, 0.717) is 40.9 Å². The number of aromatic hydroxyl groups is 1. The van der Waals surface area contributed by atoms with Gasteiger partial charge in [-0.3, -0.25) is 0 Å². The van der Waals surface area contributed by atoms with Crippen LogP contribution in [-0.2, 0) is 0 Å². The largest absolute Gasteiger partial charge is 0.507 e. The minimum Gasteiger partial charge on any atom is -0.507 e. The summed E-state index contributed by atoms with van der Waals surface area (Å²) >= 11 is 0. The second-order valence-corrected chi connectivity index (χ2v) is 7.99. The molecule has 2 fully saturated rings. The van der Waals surface area contributed by atoms with Crippen molar-refractivity contribution in [3.8, 4) is 22.7 Å². The molecule has 2 aliphatic rings. The summed E-state index contributed by atoms with van der Waals surface area (Å²) in [5, 5.41) is 34.4. The number of aryl methyl sites for hydroxylation is 1. The molecule has 9 nitrogen and oxygen atoms in total. The third-order valence-corrected chi connectivity index (χ3v) is 6.13. The lowest BCUT2D eigenvalue weighted by atomic mass is 9.98. The molecule has 4 heterocycles. The van der Waals surface area contributed by atoms with Crippen LogP contribution in [0.1, 0.15) is 31.5 Å². The molecule has 2 aromatic heterocycles. The number of hydrogen-bond donors (Lipinski definition) is 2. The van der Waals surface area contributed by atoms with Crippen LogP contribution >= 0.6 is 0 Å². The van der Waals surface area contributed by atoms with Crippen molar-refractivity contribution in [2.24, 2.45) is 0 Å². The van der Waals surface area contributed by atoms with Gasteiger partial charge in [-0.05, 0) is 67.3 Å². The van der Waals surface area contributed by atoms with Crippen molar-refractivity contribution >= 4 is 5.82 Å². The third-order valence-electron chi connectivity index (χ3n) is 6.13. The zero-order valence-corrected chi connectivity index (χ0v) is 16.5. The molecular formula is C20H24N8O. The second-order valence-electron chi connectivity index (χ2n) is 7.99. The van der Waals surface area contributed by atoms with Crippen LogP contribution in [0.25, 0.3) is 16.9 Å². The molecule has 0 spiro atoms. The molecule has 0 unspecified atom stereocenters. The van der Waals surface area contributed by atoms with Crippen LogP contribution in [0.3, 0.4) is 0 Å². The minimum atomic E-state index is 0.114. The molecule has 0 amide bonds. The number of piperidine rings is 1. The number of phenols is 1. The number of aromatic nitrogens is 6. The van der Waals surface area contributed by atoms with Crippen molar-refractivity contribution in [2.45, 2.75) is 50.7 Å². The van der Waals surface area contributed by atoms with Crippen molar-refractivity contribution in [1.29, 1.82) is 0 Å². The van der Waals surface area contributed by atoms with E-state index in [1.54, 1.807) is 17.7 Å². The molecule has 2 bridgehead atoms. The van der Waals surface area contributed by atoms with Gasteiger partial charge in [0.05, 0.1) is 11.4 Å². The number of hydrogen-bond acceptors (Lipinski definition) is 8. The Bertz CT molecular complexity index is 1010. The number of phenolic OH excluding ortho intramolecular Hbond substituents is 1. The van der Waals surface area contributed by atoms with Crippen molar-refractivity contribution < 1.29 is 5.11 Å². The lowest BCUT2D eigenvalue weighted by Gasteiger charge is -2.36. The maximum atomic E-state index is 10.5. The van der Waals surface area contributed by atoms with Gasteiger partial charge in [0.25, 0.3) is 0 Å². The molecule has 2 aliphatic heterocycles. The molecule has 0 aliphatic carbocycles. The van der Waals surface area contributed by atoms with E-state index >= 15 is 0 Å². The van der Waals surface area contributed by atoms with Crippen molar-refractivity contribution in [2.75, 3.05) is 11.9 Å². The van der Waals surface area contributed by atoms with E-state index < -0.39 is 0 Å². The number of benzene rings is 1. The highest BCUT2D eigenvalue weighted by atomic mass is 16.3. The van der Waals surface area contributed by atoms with Crippen LogP contribution in [0.2, 0.25) is 0 Å². The fourth-order valence-electron chi connectivity index (χ4n) is 4.53. The Kier molecular flexibility index (Phi) is 4.39. The number of fused-ring (bicyclic) bond motifs is 2. The summed E-state index contributed by atoms with van der Waals surface area (Å²) < 4.78 is 1.57. The van der Waals surface area contributed by atoms with E-state index in [0.717, 1.165) is 18.7 Å². The summed E-state index contributed by atoms with van der Waals surface area (Å²) in [6.45, 7) is 1.81. The highest BCUT2D eigenvalue weighted by molar-refractivity contribution is 5.69. The summed E-state index contributed by atoms with van der Waals surface area (Å²) in [7, 11) is 2.10. The normalized spacial score (nSPS) is 23.3. The van der Waals surface area contributed by atoms with Gasteiger partial charge in [0, 0.05) is 36.8 Å². The molecule has 1 aromatic carbocycles. The predicted octanol–water partition coefficient (Wildman–Crippen LogP) is 1.85. The standard InChI is InChI=1S/C20H24N8O/c1-12-22-25-26-28(12)15-5-6-17(19(29)11-15)18-7-8-20(24-23-18)27(2)16-9-13-3-4-14(10-16)21-13/h5-8,11,13-14,16,21,29H,3-4,9-10H2,1-2H3/t13-,14+,16-. The molecule has 3 atom stereocenters. The summed E-state index contributed by atoms with van der Waals surface area (Å²) in [6, 6.07) is 10.9. The second kappa shape index (κ2) is 7.07.